The zero-order valence-electron chi connectivity index (χ0n) is 21.2. The molecule has 0 unspecified atom stereocenters. The molecule has 5 rings (SSSR count). The molecule has 0 saturated carbocycles. The molecule has 4 heteroatoms. The fourth-order valence-corrected chi connectivity index (χ4v) is 5.79. The highest BCUT2D eigenvalue weighted by atomic mass is 19.1. The van der Waals surface area contributed by atoms with E-state index in [1.54, 1.807) is 12.1 Å². The zero-order valence-corrected chi connectivity index (χ0v) is 21.2. The van der Waals surface area contributed by atoms with Crippen molar-refractivity contribution in [2.45, 2.75) is 65.4 Å². The Kier molecular flexibility index (Phi) is 6.46. The summed E-state index contributed by atoms with van der Waals surface area (Å²) in [6, 6.07) is 17.5. The number of benzene rings is 3. The third-order valence-corrected chi connectivity index (χ3v) is 7.78. The SMILES string of the molecule is Cc1ccc(F)c(-c2ccc(COc3ccc4c(c3)[C@@H](CC(=O)O)CC4)cc2C2=CCCC2(C)C)c1. The van der Waals surface area contributed by atoms with Crippen LogP contribution in [0.1, 0.15) is 73.3 Å². The molecule has 1 N–H and O–H groups in total. The molecule has 1 atom stereocenters. The number of carboxylic acids is 1. The summed E-state index contributed by atoms with van der Waals surface area (Å²) in [5.41, 5.74) is 8.25. The molecule has 0 aliphatic heterocycles. The van der Waals surface area contributed by atoms with Crippen LogP contribution in [0.3, 0.4) is 0 Å². The number of aliphatic carboxylic acids is 1. The van der Waals surface area contributed by atoms with Gasteiger partial charge in [-0.1, -0.05) is 49.8 Å². The van der Waals surface area contributed by atoms with Crippen LogP contribution < -0.4 is 4.74 Å². The van der Waals surface area contributed by atoms with E-state index in [4.69, 9.17) is 4.74 Å². The molecule has 0 fully saturated rings. The first-order valence-corrected chi connectivity index (χ1v) is 12.8. The first-order valence-electron chi connectivity index (χ1n) is 12.8. The summed E-state index contributed by atoms with van der Waals surface area (Å²) >= 11 is 0. The number of allylic oxidation sites excluding steroid dienone is 2. The maximum Gasteiger partial charge on any atom is 0.303 e. The van der Waals surface area contributed by atoms with Crippen LogP contribution >= 0.6 is 0 Å². The van der Waals surface area contributed by atoms with Gasteiger partial charge in [-0.3, -0.25) is 4.79 Å². The van der Waals surface area contributed by atoms with Gasteiger partial charge in [0.15, 0.2) is 0 Å². The van der Waals surface area contributed by atoms with Crippen LogP contribution in [0, 0.1) is 18.2 Å². The highest BCUT2D eigenvalue weighted by molar-refractivity contribution is 5.85. The first-order chi connectivity index (χ1) is 17.2. The van der Waals surface area contributed by atoms with E-state index in [1.807, 2.05) is 37.3 Å². The van der Waals surface area contributed by atoms with Gasteiger partial charge >= 0.3 is 5.97 Å². The average molecular weight is 485 g/mol. The number of hydrogen-bond donors (Lipinski definition) is 1. The first kappa shape index (κ1) is 24.3. The summed E-state index contributed by atoms with van der Waals surface area (Å²) in [7, 11) is 0. The van der Waals surface area contributed by atoms with Gasteiger partial charge in [0, 0.05) is 5.56 Å². The van der Waals surface area contributed by atoms with Crippen LogP contribution in [-0.4, -0.2) is 11.1 Å². The molecule has 0 amide bonds. The predicted molar refractivity (Wildman–Crippen MR) is 142 cm³/mol. The summed E-state index contributed by atoms with van der Waals surface area (Å²) in [6.07, 6.45) is 6.33. The normalized spacial score (nSPS) is 18.1. The zero-order chi connectivity index (χ0) is 25.4. The summed E-state index contributed by atoms with van der Waals surface area (Å²) in [5, 5.41) is 9.25. The van der Waals surface area contributed by atoms with E-state index >= 15 is 0 Å². The molecule has 3 aromatic rings. The van der Waals surface area contributed by atoms with Crippen LogP contribution in [0.15, 0.2) is 60.7 Å². The highest BCUT2D eigenvalue weighted by Crippen LogP contribution is 2.47. The molecule has 186 valence electrons. The van der Waals surface area contributed by atoms with Gasteiger partial charge in [-0.25, -0.2) is 4.39 Å². The Morgan fingerprint density at radius 2 is 1.89 bits per heavy atom. The van der Waals surface area contributed by atoms with Gasteiger partial charge in [-0.2, -0.15) is 0 Å². The van der Waals surface area contributed by atoms with Gasteiger partial charge in [-0.15, -0.1) is 0 Å². The van der Waals surface area contributed by atoms with Crippen molar-refractivity contribution in [3.63, 3.8) is 0 Å². The quantitative estimate of drug-likeness (QED) is 0.369. The van der Waals surface area contributed by atoms with E-state index in [2.05, 4.69) is 32.1 Å². The van der Waals surface area contributed by atoms with E-state index < -0.39 is 5.97 Å². The number of carbonyl (C=O) groups is 1. The topological polar surface area (TPSA) is 46.5 Å². The maximum atomic E-state index is 14.9. The molecule has 36 heavy (non-hydrogen) atoms. The number of fused-ring (bicyclic) bond motifs is 1. The standard InChI is InChI=1S/C32H33FO3/c1-20-6-13-30(33)28(15-20)25-12-7-21(16-27(25)29-5-4-14-32(29,2)3)19-36-24-11-10-22-8-9-23(17-31(34)35)26(22)18-24/h5-7,10-13,15-16,18,23H,4,8-9,14,17,19H2,1-3H3,(H,34,35)/t23-/m1/s1. The van der Waals surface area contributed by atoms with Crippen LogP contribution in [-0.2, 0) is 17.8 Å². The number of carboxylic acid groups (broad SMARTS) is 1. The van der Waals surface area contributed by atoms with Crippen LogP contribution in [0.25, 0.3) is 16.7 Å². The maximum absolute atomic E-state index is 14.9. The molecule has 0 spiro atoms. The van der Waals surface area contributed by atoms with Crippen molar-refractivity contribution in [2.75, 3.05) is 0 Å². The Balaban J connectivity index is 1.45. The molecule has 2 aliphatic carbocycles. The van der Waals surface area contributed by atoms with Crippen LogP contribution in [0.2, 0.25) is 0 Å². The Hall–Kier alpha value is -3.40. The Bertz CT molecular complexity index is 1350. The van der Waals surface area contributed by atoms with Gasteiger partial charge in [-0.05, 0) is 108 Å². The third-order valence-electron chi connectivity index (χ3n) is 7.78. The van der Waals surface area contributed by atoms with Crippen molar-refractivity contribution in [2.24, 2.45) is 5.41 Å². The van der Waals surface area contributed by atoms with E-state index in [0.29, 0.717) is 12.2 Å². The molecule has 0 heterocycles. The monoisotopic (exact) mass is 484 g/mol. The molecule has 2 aliphatic rings. The van der Waals surface area contributed by atoms with Crippen molar-refractivity contribution >= 4 is 11.5 Å². The summed E-state index contributed by atoms with van der Waals surface area (Å²) in [4.78, 5) is 11.3. The molecule has 0 bridgehead atoms. The second-order valence-electron chi connectivity index (χ2n) is 10.9. The lowest BCUT2D eigenvalue weighted by atomic mass is 9.79. The Labute approximate surface area is 212 Å². The lowest BCUT2D eigenvalue weighted by Gasteiger charge is -2.25. The lowest BCUT2D eigenvalue weighted by Crippen LogP contribution is -2.10. The van der Waals surface area contributed by atoms with Crippen LogP contribution in [0.4, 0.5) is 4.39 Å². The minimum absolute atomic E-state index is 0.0215. The minimum atomic E-state index is -0.763. The predicted octanol–water partition coefficient (Wildman–Crippen LogP) is 8.09. The number of halogens is 1. The van der Waals surface area contributed by atoms with Gasteiger partial charge < -0.3 is 9.84 Å². The lowest BCUT2D eigenvalue weighted by molar-refractivity contribution is -0.137. The van der Waals surface area contributed by atoms with Gasteiger partial charge in [0.1, 0.15) is 18.2 Å². The Morgan fingerprint density at radius 3 is 2.64 bits per heavy atom. The molecule has 0 radical (unpaired) electrons. The van der Waals surface area contributed by atoms with Crippen molar-refractivity contribution in [3.05, 3.63) is 94.3 Å². The average Bonchev–Trinajstić information content (AvgIpc) is 3.40. The fraction of sp³-hybridized carbons (Fsp3) is 0.344. The largest absolute Gasteiger partial charge is 0.489 e. The highest BCUT2D eigenvalue weighted by Gasteiger charge is 2.30. The molecule has 0 saturated heterocycles. The van der Waals surface area contributed by atoms with Crippen molar-refractivity contribution in [3.8, 4) is 16.9 Å². The number of rotatable bonds is 7. The van der Waals surface area contributed by atoms with E-state index in [0.717, 1.165) is 59.3 Å². The van der Waals surface area contributed by atoms with E-state index in [1.165, 1.54) is 11.1 Å². The second-order valence-corrected chi connectivity index (χ2v) is 10.9. The molecule has 3 aromatic carbocycles. The Morgan fingerprint density at radius 1 is 1.06 bits per heavy atom. The molecular weight excluding hydrogens is 451 g/mol. The van der Waals surface area contributed by atoms with E-state index in [9.17, 15) is 14.3 Å². The number of aryl methyl sites for hydroxylation is 2. The molecule has 3 nitrogen and oxygen atoms in total. The summed E-state index contributed by atoms with van der Waals surface area (Å²) in [5.74, 6) is -0.174. The van der Waals surface area contributed by atoms with Crippen molar-refractivity contribution in [1.82, 2.24) is 0 Å². The number of ether oxygens (including phenoxy) is 1. The summed E-state index contributed by atoms with van der Waals surface area (Å²) in [6.45, 7) is 6.88. The van der Waals surface area contributed by atoms with Crippen molar-refractivity contribution in [1.29, 1.82) is 0 Å². The molecular formula is C32H33FO3. The number of hydrogen-bond acceptors (Lipinski definition) is 2. The fourth-order valence-electron chi connectivity index (χ4n) is 5.79. The van der Waals surface area contributed by atoms with Gasteiger partial charge in [0.25, 0.3) is 0 Å². The second kappa shape index (κ2) is 9.57. The molecule has 0 aromatic heterocycles. The van der Waals surface area contributed by atoms with Gasteiger partial charge in [0.05, 0.1) is 6.42 Å². The van der Waals surface area contributed by atoms with E-state index in [-0.39, 0.29) is 23.6 Å². The third kappa shape index (κ3) is 4.82. The van der Waals surface area contributed by atoms with Gasteiger partial charge in [0.2, 0.25) is 0 Å². The van der Waals surface area contributed by atoms with Crippen molar-refractivity contribution < 1.29 is 19.0 Å². The minimum Gasteiger partial charge on any atom is -0.489 e. The van der Waals surface area contributed by atoms with Crippen LogP contribution in [0.5, 0.6) is 5.75 Å². The smallest absolute Gasteiger partial charge is 0.303 e. The summed E-state index contributed by atoms with van der Waals surface area (Å²) < 4.78 is 21.1.